The van der Waals surface area contributed by atoms with Crippen LogP contribution in [0.3, 0.4) is 0 Å². The minimum absolute atomic E-state index is 0.0221. The first kappa shape index (κ1) is 11.7. The summed E-state index contributed by atoms with van der Waals surface area (Å²) in [6.07, 6.45) is -4.46. The Balaban J connectivity index is 2.49. The van der Waals surface area contributed by atoms with Crippen molar-refractivity contribution in [3.63, 3.8) is 0 Å². The number of nitrogens with one attached hydrogen (secondary N) is 1. The van der Waals surface area contributed by atoms with Crippen LogP contribution in [-0.4, -0.2) is 24.1 Å². The zero-order valence-corrected chi connectivity index (χ0v) is 8.84. The lowest BCUT2D eigenvalue weighted by Gasteiger charge is -2.05. The van der Waals surface area contributed by atoms with Crippen LogP contribution in [0.25, 0.3) is 10.9 Å². The summed E-state index contributed by atoms with van der Waals surface area (Å²) in [5.74, 6) is 0.246. The van der Waals surface area contributed by atoms with Crippen LogP contribution in [0.4, 0.5) is 13.2 Å². The molecule has 2 aromatic rings. The summed E-state index contributed by atoms with van der Waals surface area (Å²) in [5, 5.41) is 5.56. The van der Waals surface area contributed by atoms with E-state index < -0.39 is 11.9 Å². The molecule has 0 aliphatic rings. The SMILES string of the molecule is COCOc1cccc2c(C(F)(F)F)[nH]nc12. The summed E-state index contributed by atoms with van der Waals surface area (Å²) in [6, 6.07) is 4.34. The lowest BCUT2D eigenvalue weighted by Crippen LogP contribution is -2.05. The number of H-pyrrole nitrogens is 1. The van der Waals surface area contributed by atoms with Gasteiger partial charge in [-0.2, -0.15) is 18.3 Å². The highest BCUT2D eigenvalue weighted by Gasteiger charge is 2.35. The maximum absolute atomic E-state index is 12.6. The quantitative estimate of drug-likeness (QED) is 0.846. The van der Waals surface area contributed by atoms with Crippen molar-refractivity contribution in [3.05, 3.63) is 23.9 Å². The van der Waals surface area contributed by atoms with Crippen LogP contribution in [0.15, 0.2) is 18.2 Å². The van der Waals surface area contributed by atoms with E-state index in [1.165, 1.54) is 25.3 Å². The second kappa shape index (κ2) is 4.25. The molecule has 17 heavy (non-hydrogen) atoms. The Morgan fingerprint density at radius 2 is 2.12 bits per heavy atom. The average molecular weight is 246 g/mol. The molecular weight excluding hydrogens is 237 g/mol. The van der Waals surface area contributed by atoms with Crippen molar-refractivity contribution >= 4 is 10.9 Å². The minimum atomic E-state index is -4.46. The van der Waals surface area contributed by atoms with Crippen molar-refractivity contribution in [1.82, 2.24) is 10.2 Å². The summed E-state index contributed by atoms with van der Waals surface area (Å²) < 4.78 is 47.6. The topological polar surface area (TPSA) is 47.1 Å². The molecule has 0 saturated heterocycles. The second-order valence-electron chi connectivity index (χ2n) is 3.30. The highest BCUT2D eigenvalue weighted by molar-refractivity contribution is 5.87. The molecule has 0 atom stereocenters. The number of methoxy groups -OCH3 is 1. The first-order valence-corrected chi connectivity index (χ1v) is 4.70. The van der Waals surface area contributed by atoms with Crippen molar-refractivity contribution in [1.29, 1.82) is 0 Å². The Labute approximate surface area is 94.3 Å². The van der Waals surface area contributed by atoms with Gasteiger partial charge in [0.2, 0.25) is 0 Å². The first-order valence-electron chi connectivity index (χ1n) is 4.70. The van der Waals surface area contributed by atoms with Gasteiger partial charge in [-0.3, -0.25) is 5.10 Å². The van der Waals surface area contributed by atoms with Crippen LogP contribution in [0.2, 0.25) is 0 Å². The molecule has 0 aliphatic carbocycles. The highest BCUT2D eigenvalue weighted by atomic mass is 19.4. The third kappa shape index (κ3) is 2.19. The van der Waals surface area contributed by atoms with Crippen molar-refractivity contribution in [2.45, 2.75) is 6.18 Å². The highest BCUT2D eigenvalue weighted by Crippen LogP contribution is 2.35. The Morgan fingerprint density at radius 3 is 2.76 bits per heavy atom. The zero-order valence-electron chi connectivity index (χ0n) is 8.84. The lowest BCUT2D eigenvalue weighted by atomic mass is 10.2. The fraction of sp³-hybridized carbons (Fsp3) is 0.300. The smallest absolute Gasteiger partial charge is 0.433 e. The van der Waals surface area contributed by atoms with Gasteiger partial charge in [0.1, 0.15) is 11.2 Å². The summed E-state index contributed by atoms with van der Waals surface area (Å²) in [5.41, 5.74) is -0.743. The van der Waals surface area contributed by atoms with E-state index >= 15 is 0 Å². The number of aromatic amines is 1. The molecule has 1 aromatic heterocycles. The Bertz CT molecular complexity index is 522. The van der Waals surface area contributed by atoms with E-state index in [2.05, 4.69) is 9.84 Å². The maximum atomic E-state index is 12.6. The van der Waals surface area contributed by atoms with Gasteiger partial charge < -0.3 is 9.47 Å². The van der Waals surface area contributed by atoms with Crippen LogP contribution in [-0.2, 0) is 10.9 Å². The summed E-state index contributed by atoms with van der Waals surface area (Å²) in [4.78, 5) is 0. The number of nitrogens with zero attached hydrogens (tertiary/aromatic N) is 1. The van der Waals surface area contributed by atoms with Crippen LogP contribution in [0.1, 0.15) is 5.69 Å². The van der Waals surface area contributed by atoms with Crippen molar-refractivity contribution < 1.29 is 22.6 Å². The molecule has 7 heteroatoms. The molecule has 2 rings (SSSR count). The fourth-order valence-electron chi connectivity index (χ4n) is 1.47. The zero-order chi connectivity index (χ0) is 12.5. The van der Waals surface area contributed by atoms with E-state index in [9.17, 15) is 13.2 Å². The van der Waals surface area contributed by atoms with Gasteiger partial charge in [0.15, 0.2) is 12.5 Å². The Morgan fingerprint density at radius 1 is 1.35 bits per heavy atom. The largest absolute Gasteiger partial charge is 0.465 e. The number of para-hydroxylation sites is 1. The summed E-state index contributed by atoms with van der Waals surface area (Å²) in [6.45, 7) is -0.0483. The van der Waals surface area contributed by atoms with Gasteiger partial charge >= 0.3 is 6.18 Å². The van der Waals surface area contributed by atoms with Gasteiger partial charge in [0.05, 0.1) is 0 Å². The first-order chi connectivity index (χ1) is 8.04. The number of ether oxygens (including phenoxy) is 2. The molecule has 4 nitrogen and oxygen atoms in total. The number of benzene rings is 1. The normalized spacial score (nSPS) is 12.0. The third-order valence-electron chi connectivity index (χ3n) is 2.16. The molecule has 0 amide bonds. The molecule has 0 radical (unpaired) electrons. The van der Waals surface area contributed by atoms with E-state index in [0.717, 1.165) is 0 Å². The Kier molecular flexibility index (Phi) is 2.93. The summed E-state index contributed by atoms with van der Waals surface area (Å²) >= 11 is 0. The van der Waals surface area contributed by atoms with Gasteiger partial charge in [-0.05, 0) is 6.07 Å². The van der Waals surface area contributed by atoms with E-state index in [1.54, 1.807) is 0 Å². The molecule has 1 N–H and O–H groups in total. The number of aromatic nitrogens is 2. The molecule has 0 aliphatic heterocycles. The minimum Gasteiger partial charge on any atom is -0.465 e. The standard InChI is InChI=1S/C10H9F3N2O2/c1-16-5-17-7-4-2-3-6-8(7)14-15-9(6)10(11,12)13/h2-4H,5H2,1H3,(H,14,15). The van der Waals surface area contributed by atoms with Crippen LogP contribution < -0.4 is 4.74 Å². The van der Waals surface area contributed by atoms with Crippen molar-refractivity contribution in [3.8, 4) is 5.75 Å². The van der Waals surface area contributed by atoms with Gasteiger partial charge in [-0.1, -0.05) is 12.1 Å². The Hall–Kier alpha value is -1.76. The molecule has 0 bridgehead atoms. The molecule has 0 spiro atoms. The van der Waals surface area contributed by atoms with Crippen LogP contribution in [0, 0.1) is 0 Å². The predicted molar refractivity (Wildman–Crippen MR) is 53.6 cm³/mol. The van der Waals surface area contributed by atoms with Crippen LogP contribution >= 0.6 is 0 Å². The number of rotatable bonds is 3. The lowest BCUT2D eigenvalue weighted by molar-refractivity contribution is -0.139. The monoisotopic (exact) mass is 246 g/mol. The molecule has 0 unspecified atom stereocenters. The molecule has 92 valence electrons. The van der Waals surface area contributed by atoms with E-state index in [-0.39, 0.29) is 23.4 Å². The number of hydrogen-bond acceptors (Lipinski definition) is 3. The summed E-state index contributed by atoms with van der Waals surface area (Å²) in [7, 11) is 1.42. The van der Waals surface area contributed by atoms with E-state index in [4.69, 9.17) is 4.74 Å². The van der Waals surface area contributed by atoms with Gasteiger partial charge in [-0.25, -0.2) is 0 Å². The third-order valence-corrected chi connectivity index (χ3v) is 2.16. The van der Waals surface area contributed by atoms with Gasteiger partial charge in [0.25, 0.3) is 0 Å². The maximum Gasteiger partial charge on any atom is 0.433 e. The van der Waals surface area contributed by atoms with Gasteiger partial charge in [0, 0.05) is 12.5 Å². The molecule has 0 fully saturated rings. The van der Waals surface area contributed by atoms with E-state index in [1.807, 2.05) is 5.10 Å². The number of alkyl halides is 3. The van der Waals surface area contributed by atoms with E-state index in [0.29, 0.717) is 0 Å². The van der Waals surface area contributed by atoms with Crippen molar-refractivity contribution in [2.75, 3.05) is 13.9 Å². The van der Waals surface area contributed by atoms with Crippen LogP contribution in [0.5, 0.6) is 5.75 Å². The molecular formula is C10H9F3N2O2. The number of fused-ring (bicyclic) bond motifs is 1. The molecule has 0 saturated carbocycles. The fourth-order valence-corrected chi connectivity index (χ4v) is 1.47. The predicted octanol–water partition coefficient (Wildman–Crippen LogP) is 2.56. The molecule has 1 aromatic carbocycles. The second-order valence-corrected chi connectivity index (χ2v) is 3.30. The number of halogens is 3. The average Bonchev–Trinajstić information content (AvgIpc) is 2.69. The van der Waals surface area contributed by atoms with Gasteiger partial charge in [-0.15, -0.1) is 0 Å². The van der Waals surface area contributed by atoms with Crippen molar-refractivity contribution in [2.24, 2.45) is 0 Å². The molecule has 1 heterocycles. The number of hydrogen-bond donors (Lipinski definition) is 1.